The van der Waals surface area contributed by atoms with Gasteiger partial charge in [0.05, 0.1) is 5.52 Å². The molecule has 0 saturated carbocycles. The van der Waals surface area contributed by atoms with Crippen LogP contribution in [0.2, 0.25) is 0 Å². The van der Waals surface area contributed by atoms with Gasteiger partial charge in [-0.3, -0.25) is 4.98 Å². The van der Waals surface area contributed by atoms with Crippen molar-refractivity contribution in [3.63, 3.8) is 0 Å². The predicted octanol–water partition coefficient (Wildman–Crippen LogP) is 3.48. The highest BCUT2D eigenvalue weighted by Gasteiger charge is 2.15. The van der Waals surface area contributed by atoms with Crippen molar-refractivity contribution in [1.29, 1.82) is 0 Å². The van der Waals surface area contributed by atoms with Gasteiger partial charge < -0.3 is 18.9 Å². The van der Waals surface area contributed by atoms with Gasteiger partial charge in [-0.2, -0.15) is 0 Å². The van der Waals surface area contributed by atoms with Gasteiger partial charge in [-0.25, -0.2) is 0 Å². The van der Waals surface area contributed by atoms with Gasteiger partial charge in [-0.15, -0.1) is 0 Å². The number of rotatable bonds is 3. The molecule has 0 N–H and O–H groups in total. The third-order valence-electron chi connectivity index (χ3n) is 4.35. The van der Waals surface area contributed by atoms with Crippen molar-refractivity contribution in [3.05, 3.63) is 53.7 Å². The Morgan fingerprint density at radius 2 is 1.46 bits per heavy atom. The van der Waals surface area contributed by atoms with Gasteiger partial charge in [0.2, 0.25) is 13.6 Å². The summed E-state index contributed by atoms with van der Waals surface area (Å²) in [6.45, 7) is 0.587. The first-order chi connectivity index (χ1) is 11.8. The second kappa shape index (κ2) is 5.30. The van der Waals surface area contributed by atoms with Crippen LogP contribution in [-0.2, 0) is 12.8 Å². The lowest BCUT2D eigenvalue weighted by Gasteiger charge is -2.06. The van der Waals surface area contributed by atoms with E-state index in [4.69, 9.17) is 23.9 Å². The second-order valence-electron chi connectivity index (χ2n) is 5.89. The topological polar surface area (TPSA) is 49.8 Å². The monoisotopic (exact) mass is 321 g/mol. The maximum Gasteiger partial charge on any atom is 0.231 e. The summed E-state index contributed by atoms with van der Waals surface area (Å²) in [6.07, 6.45) is 1.77. The van der Waals surface area contributed by atoms with Crippen LogP contribution >= 0.6 is 0 Å². The van der Waals surface area contributed by atoms with Crippen molar-refractivity contribution in [1.82, 2.24) is 4.98 Å². The number of nitrogens with zero attached hydrogens (tertiary/aromatic N) is 1. The van der Waals surface area contributed by atoms with E-state index >= 15 is 0 Å². The number of aryl methyl sites for hydroxylation is 2. The van der Waals surface area contributed by atoms with Crippen LogP contribution in [0.3, 0.4) is 0 Å². The number of benzene rings is 2. The molecule has 5 heteroatoms. The summed E-state index contributed by atoms with van der Waals surface area (Å²) >= 11 is 0. The average molecular weight is 321 g/mol. The molecular weight excluding hydrogens is 306 g/mol. The molecule has 3 heterocycles. The number of hydrogen-bond acceptors (Lipinski definition) is 5. The van der Waals surface area contributed by atoms with E-state index in [1.165, 1.54) is 5.56 Å². The number of ether oxygens (including phenoxy) is 4. The molecule has 0 saturated heterocycles. The molecule has 0 bridgehead atoms. The van der Waals surface area contributed by atoms with Gasteiger partial charge in [-0.05, 0) is 42.7 Å². The lowest BCUT2D eigenvalue weighted by atomic mass is 10.1. The molecule has 120 valence electrons. The minimum Gasteiger partial charge on any atom is -0.454 e. The molecule has 0 spiro atoms. The standard InChI is InChI=1S/C19H15NO4/c1(12-2-6-16-17(7-12)22-10-21-16)4-14-5-3-13-8-18-19(24-11-23-18)9-15(13)20-14/h2-3,5-9H,1,4,10-11H2. The highest BCUT2D eigenvalue weighted by atomic mass is 16.7. The molecule has 2 aliphatic heterocycles. The van der Waals surface area contributed by atoms with Crippen LogP contribution in [0.25, 0.3) is 10.9 Å². The maximum atomic E-state index is 5.43. The van der Waals surface area contributed by atoms with Crippen molar-refractivity contribution in [3.8, 4) is 23.0 Å². The Morgan fingerprint density at radius 1 is 0.708 bits per heavy atom. The zero-order valence-electron chi connectivity index (χ0n) is 13.0. The van der Waals surface area contributed by atoms with E-state index < -0.39 is 0 Å². The third-order valence-corrected chi connectivity index (χ3v) is 4.35. The van der Waals surface area contributed by atoms with Crippen LogP contribution in [0.5, 0.6) is 23.0 Å². The molecule has 2 aromatic carbocycles. The van der Waals surface area contributed by atoms with E-state index in [-0.39, 0.29) is 6.79 Å². The smallest absolute Gasteiger partial charge is 0.231 e. The van der Waals surface area contributed by atoms with Gasteiger partial charge in [0, 0.05) is 17.1 Å². The molecule has 5 nitrogen and oxygen atoms in total. The molecule has 0 atom stereocenters. The largest absolute Gasteiger partial charge is 0.454 e. The molecule has 2 aliphatic rings. The predicted molar refractivity (Wildman–Crippen MR) is 87.8 cm³/mol. The van der Waals surface area contributed by atoms with E-state index in [2.05, 4.69) is 18.2 Å². The quantitative estimate of drug-likeness (QED) is 0.739. The fourth-order valence-corrected chi connectivity index (χ4v) is 3.06. The Kier molecular flexibility index (Phi) is 2.98. The maximum absolute atomic E-state index is 5.43. The first-order valence-corrected chi connectivity index (χ1v) is 7.93. The summed E-state index contributed by atoms with van der Waals surface area (Å²) in [6, 6.07) is 14.2. The van der Waals surface area contributed by atoms with Crippen LogP contribution in [0.4, 0.5) is 0 Å². The van der Waals surface area contributed by atoms with Crippen LogP contribution in [-0.4, -0.2) is 18.6 Å². The first kappa shape index (κ1) is 13.5. The zero-order chi connectivity index (χ0) is 15.9. The molecule has 3 aromatic rings. The van der Waals surface area contributed by atoms with Gasteiger partial charge >= 0.3 is 0 Å². The van der Waals surface area contributed by atoms with Gasteiger partial charge in [0.15, 0.2) is 23.0 Å². The van der Waals surface area contributed by atoms with Crippen molar-refractivity contribution >= 4 is 10.9 Å². The molecule has 0 amide bonds. The number of pyridine rings is 1. The van der Waals surface area contributed by atoms with E-state index in [0.717, 1.165) is 52.4 Å². The van der Waals surface area contributed by atoms with Gasteiger partial charge in [0.25, 0.3) is 0 Å². The third kappa shape index (κ3) is 2.29. The lowest BCUT2D eigenvalue weighted by Crippen LogP contribution is -1.95. The minimum atomic E-state index is 0.280. The van der Waals surface area contributed by atoms with Crippen molar-refractivity contribution in [2.45, 2.75) is 12.8 Å². The first-order valence-electron chi connectivity index (χ1n) is 7.93. The average Bonchev–Trinajstić information content (AvgIpc) is 3.25. The van der Waals surface area contributed by atoms with Crippen LogP contribution in [0, 0.1) is 0 Å². The van der Waals surface area contributed by atoms with E-state index in [1.807, 2.05) is 24.3 Å². The van der Waals surface area contributed by atoms with Crippen LogP contribution < -0.4 is 18.9 Å². The summed E-state index contributed by atoms with van der Waals surface area (Å²) < 4.78 is 21.6. The number of hydrogen-bond donors (Lipinski definition) is 0. The number of fused-ring (bicyclic) bond motifs is 3. The number of aromatic nitrogens is 1. The fourth-order valence-electron chi connectivity index (χ4n) is 3.06. The molecule has 0 unspecified atom stereocenters. The summed E-state index contributed by atoms with van der Waals surface area (Å²) in [5, 5.41) is 1.06. The van der Waals surface area contributed by atoms with Crippen molar-refractivity contribution < 1.29 is 18.9 Å². The lowest BCUT2D eigenvalue weighted by molar-refractivity contribution is 0.173. The van der Waals surface area contributed by atoms with Crippen molar-refractivity contribution in [2.75, 3.05) is 13.6 Å². The van der Waals surface area contributed by atoms with Crippen molar-refractivity contribution in [2.24, 2.45) is 0 Å². The Hall–Kier alpha value is -2.95. The summed E-state index contributed by atoms with van der Waals surface area (Å²) in [4.78, 5) is 4.75. The van der Waals surface area contributed by atoms with Gasteiger partial charge in [-0.1, -0.05) is 12.1 Å². The summed E-state index contributed by atoms with van der Waals surface area (Å²) in [5.74, 6) is 3.20. The normalized spacial score (nSPS) is 14.3. The molecule has 5 rings (SSSR count). The molecule has 0 radical (unpaired) electrons. The van der Waals surface area contributed by atoms with E-state index in [1.54, 1.807) is 0 Å². The molecule has 24 heavy (non-hydrogen) atoms. The van der Waals surface area contributed by atoms with Crippen LogP contribution in [0.15, 0.2) is 42.5 Å². The molecule has 0 fully saturated rings. The summed E-state index contributed by atoms with van der Waals surface area (Å²) in [7, 11) is 0. The molecule has 1 aromatic heterocycles. The SMILES string of the molecule is c1cc2c(cc1CCc1ccc3cc4c(cc3n1)OCO4)OCO2. The second-order valence-corrected chi connectivity index (χ2v) is 5.89. The zero-order valence-corrected chi connectivity index (χ0v) is 13.0. The highest BCUT2D eigenvalue weighted by Crippen LogP contribution is 2.36. The Labute approximate surface area is 138 Å². The van der Waals surface area contributed by atoms with Gasteiger partial charge in [0.1, 0.15) is 0 Å². The Morgan fingerprint density at radius 3 is 2.33 bits per heavy atom. The highest BCUT2D eigenvalue weighted by molar-refractivity contribution is 5.83. The Bertz CT molecular complexity index is 938. The van der Waals surface area contributed by atoms with E-state index in [9.17, 15) is 0 Å². The molecular formula is C19H15NO4. The minimum absolute atomic E-state index is 0.280. The summed E-state index contributed by atoms with van der Waals surface area (Å²) in [5.41, 5.74) is 3.20. The van der Waals surface area contributed by atoms with Crippen LogP contribution in [0.1, 0.15) is 11.3 Å². The molecule has 0 aliphatic carbocycles. The van der Waals surface area contributed by atoms with E-state index in [0.29, 0.717) is 6.79 Å². The fraction of sp³-hybridized carbons (Fsp3) is 0.211. The Balaban J connectivity index is 1.38.